The van der Waals surface area contributed by atoms with Gasteiger partial charge in [0.2, 0.25) is 5.95 Å². The summed E-state index contributed by atoms with van der Waals surface area (Å²) >= 11 is 0. The molecule has 0 aliphatic rings. The van der Waals surface area contributed by atoms with E-state index in [9.17, 15) is 0 Å². The SMILES string of the molecule is c1ccc2c(-c3nc(-n4c5ccccc5c5cc6c7ccccc7n(-c7cc8ccccc8c8ccccc78)c6cc54)nc4c3oc3ccccc34)cccc2c1. The van der Waals surface area contributed by atoms with Crippen molar-refractivity contribution in [2.75, 3.05) is 0 Å². The summed E-state index contributed by atoms with van der Waals surface area (Å²) in [6.07, 6.45) is 0. The van der Waals surface area contributed by atoms with Gasteiger partial charge in [-0.3, -0.25) is 4.57 Å². The normalized spacial score (nSPS) is 12.2. The number of hydrogen-bond acceptors (Lipinski definition) is 3. The van der Waals surface area contributed by atoms with Gasteiger partial charge in [0.05, 0.1) is 27.8 Å². The van der Waals surface area contributed by atoms with Gasteiger partial charge < -0.3 is 8.98 Å². The second-order valence-electron chi connectivity index (χ2n) is 14.9. The van der Waals surface area contributed by atoms with Crippen molar-refractivity contribution in [2.45, 2.75) is 0 Å². The summed E-state index contributed by atoms with van der Waals surface area (Å²) in [5.41, 5.74) is 9.56. The predicted molar refractivity (Wildman–Crippen MR) is 236 cm³/mol. The highest BCUT2D eigenvalue weighted by atomic mass is 16.3. The molecule has 0 aliphatic heterocycles. The quantitative estimate of drug-likeness (QED) is 0.170. The molecule has 0 bridgehead atoms. The number of hydrogen-bond donors (Lipinski definition) is 0. The summed E-state index contributed by atoms with van der Waals surface area (Å²) in [4.78, 5) is 10.9. The summed E-state index contributed by atoms with van der Waals surface area (Å²) < 4.78 is 11.3. The van der Waals surface area contributed by atoms with Crippen molar-refractivity contribution in [2.24, 2.45) is 0 Å². The number of rotatable bonds is 3. The molecule has 9 aromatic carbocycles. The van der Waals surface area contributed by atoms with E-state index < -0.39 is 0 Å². The molecule has 0 radical (unpaired) electrons. The van der Waals surface area contributed by atoms with E-state index in [1.165, 1.54) is 32.3 Å². The average molecular weight is 727 g/mol. The van der Waals surface area contributed by atoms with Crippen molar-refractivity contribution in [3.63, 3.8) is 0 Å². The van der Waals surface area contributed by atoms with Crippen LogP contribution in [-0.2, 0) is 0 Å². The van der Waals surface area contributed by atoms with Gasteiger partial charge in [-0.2, -0.15) is 0 Å². The molecule has 0 saturated carbocycles. The lowest BCUT2D eigenvalue weighted by molar-refractivity contribution is 0.666. The zero-order chi connectivity index (χ0) is 37.2. The first-order valence-corrected chi connectivity index (χ1v) is 19.3. The molecule has 5 nitrogen and oxygen atoms in total. The van der Waals surface area contributed by atoms with Crippen LogP contribution in [-0.4, -0.2) is 19.1 Å². The predicted octanol–water partition coefficient (Wildman–Crippen LogP) is 13.7. The lowest BCUT2D eigenvalue weighted by Gasteiger charge is -2.15. The first kappa shape index (κ1) is 30.6. The summed E-state index contributed by atoms with van der Waals surface area (Å²) in [7, 11) is 0. The summed E-state index contributed by atoms with van der Waals surface area (Å²) in [5, 5.41) is 12.8. The molecule has 57 heavy (non-hydrogen) atoms. The van der Waals surface area contributed by atoms with Crippen molar-refractivity contribution in [3.8, 4) is 22.9 Å². The zero-order valence-corrected chi connectivity index (χ0v) is 30.5. The minimum atomic E-state index is 0.598. The average Bonchev–Trinajstić information content (AvgIpc) is 3.92. The molecule has 13 rings (SSSR count). The number of para-hydroxylation sites is 3. The highest BCUT2D eigenvalue weighted by molar-refractivity contribution is 6.21. The van der Waals surface area contributed by atoms with Crippen LogP contribution >= 0.6 is 0 Å². The Bertz CT molecular complexity index is 3820. The molecule has 0 unspecified atom stereocenters. The second-order valence-corrected chi connectivity index (χ2v) is 14.9. The Labute approximate surface area is 325 Å². The fourth-order valence-corrected chi connectivity index (χ4v) is 9.42. The Kier molecular flexibility index (Phi) is 6.10. The van der Waals surface area contributed by atoms with E-state index in [-0.39, 0.29) is 0 Å². The molecule has 0 aliphatic carbocycles. The molecule has 264 valence electrons. The maximum atomic E-state index is 6.62. The van der Waals surface area contributed by atoms with E-state index in [0.29, 0.717) is 11.5 Å². The second kappa shape index (κ2) is 11.4. The molecular formula is C52H30N4O. The third kappa shape index (κ3) is 4.23. The highest BCUT2D eigenvalue weighted by Gasteiger charge is 2.24. The number of fused-ring (bicyclic) bond motifs is 13. The maximum absolute atomic E-state index is 6.62. The largest absolute Gasteiger partial charge is 0.452 e. The monoisotopic (exact) mass is 726 g/mol. The molecular weight excluding hydrogens is 697 g/mol. The smallest absolute Gasteiger partial charge is 0.236 e. The molecule has 0 amide bonds. The van der Waals surface area contributed by atoms with Crippen LogP contribution in [0, 0.1) is 0 Å². The zero-order valence-electron chi connectivity index (χ0n) is 30.5. The Hall–Kier alpha value is -7.76. The van der Waals surface area contributed by atoms with E-state index in [0.717, 1.165) is 77.0 Å². The first-order chi connectivity index (χ1) is 28.3. The van der Waals surface area contributed by atoms with E-state index in [1.54, 1.807) is 0 Å². The van der Waals surface area contributed by atoms with Crippen molar-refractivity contribution < 1.29 is 4.42 Å². The third-order valence-electron chi connectivity index (χ3n) is 11.9. The van der Waals surface area contributed by atoms with Crippen molar-refractivity contribution in [1.82, 2.24) is 19.1 Å². The van der Waals surface area contributed by atoms with Crippen LogP contribution in [0.2, 0.25) is 0 Å². The van der Waals surface area contributed by atoms with Crippen molar-refractivity contribution in [1.29, 1.82) is 0 Å². The fourth-order valence-electron chi connectivity index (χ4n) is 9.42. The minimum Gasteiger partial charge on any atom is -0.452 e. The molecule has 0 atom stereocenters. The van der Waals surface area contributed by atoms with Gasteiger partial charge >= 0.3 is 0 Å². The van der Waals surface area contributed by atoms with Crippen LogP contribution in [0.5, 0.6) is 0 Å². The van der Waals surface area contributed by atoms with E-state index >= 15 is 0 Å². The Morgan fingerprint density at radius 3 is 1.74 bits per heavy atom. The fraction of sp³-hybridized carbons (Fsp3) is 0. The van der Waals surface area contributed by atoms with Crippen molar-refractivity contribution in [3.05, 3.63) is 182 Å². The molecule has 5 heteroatoms. The molecule has 13 aromatic rings. The summed E-state index contributed by atoms with van der Waals surface area (Å²) in [5.74, 6) is 0.598. The molecule has 0 N–H and O–H groups in total. The van der Waals surface area contributed by atoms with Gasteiger partial charge in [-0.05, 0) is 69.4 Å². The molecule has 4 heterocycles. The van der Waals surface area contributed by atoms with Crippen LogP contribution in [0.25, 0.3) is 121 Å². The lowest BCUT2D eigenvalue weighted by atomic mass is 10.00. The number of aromatic nitrogens is 4. The van der Waals surface area contributed by atoms with E-state index in [4.69, 9.17) is 14.4 Å². The van der Waals surface area contributed by atoms with Gasteiger partial charge in [0, 0.05) is 37.9 Å². The third-order valence-corrected chi connectivity index (χ3v) is 11.9. The van der Waals surface area contributed by atoms with Gasteiger partial charge in [0.1, 0.15) is 16.8 Å². The van der Waals surface area contributed by atoms with Gasteiger partial charge in [-0.25, -0.2) is 9.97 Å². The van der Waals surface area contributed by atoms with E-state index in [2.05, 4.69) is 173 Å². The topological polar surface area (TPSA) is 48.8 Å². The maximum Gasteiger partial charge on any atom is 0.236 e. The van der Waals surface area contributed by atoms with Crippen LogP contribution in [0.15, 0.2) is 186 Å². The van der Waals surface area contributed by atoms with Gasteiger partial charge in [0.15, 0.2) is 5.58 Å². The standard InChI is InChI=1S/C52H30N4O/c1-3-17-33-31(14-1)16-13-24-39(33)49-51-50(40-23-9-12-27-48(40)57-51)54-52(53-49)56-44-26-11-8-22-38(44)42-29-41-37-21-7-10-25-43(37)55(46(41)30-47(42)56)45-28-32-15-2-4-18-34(32)35-19-5-6-20-36(35)45/h1-30H. The molecule has 0 spiro atoms. The van der Waals surface area contributed by atoms with Gasteiger partial charge in [0.25, 0.3) is 0 Å². The molecule has 0 saturated heterocycles. The minimum absolute atomic E-state index is 0.598. The first-order valence-electron chi connectivity index (χ1n) is 19.3. The number of furan rings is 1. The lowest BCUT2D eigenvalue weighted by Crippen LogP contribution is -2.03. The Morgan fingerprint density at radius 2 is 0.947 bits per heavy atom. The van der Waals surface area contributed by atoms with Crippen LogP contribution < -0.4 is 0 Å². The van der Waals surface area contributed by atoms with Crippen LogP contribution in [0.1, 0.15) is 0 Å². The van der Waals surface area contributed by atoms with Gasteiger partial charge in [-0.15, -0.1) is 0 Å². The van der Waals surface area contributed by atoms with Crippen LogP contribution in [0.3, 0.4) is 0 Å². The number of nitrogens with zero attached hydrogens (tertiary/aromatic N) is 4. The Balaban J connectivity index is 1.18. The van der Waals surface area contributed by atoms with Gasteiger partial charge in [-0.1, -0.05) is 140 Å². The van der Waals surface area contributed by atoms with Crippen molar-refractivity contribution >= 4 is 98.0 Å². The molecule has 4 aromatic heterocycles. The molecule has 0 fully saturated rings. The summed E-state index contributed by atoms with van der Waals surface area (Å²) in [6.45, 7) is 0. The summed E-state index contributed by atoms with van der Waals surface area (Å²) in [6, 6.07) is 65.0. The number of benzene rings is 9. The van der Waals surface area contributed by atoms with Crippen LogP contribution in [0.4, 0.5) is 0 Å². The Morgan fingerprint density at radius 1 is 0.368 bits per heavy atom. The van der Waals surface area contributed by atoms with E-state index in [1.807, 2.05) is 18.2 Å². The highest BCUT2D eigenvalue weighted by Crippen LogP contribution is 2.43.